The lowest BCUT2D eigenvalue weighted by Gasteiger charge is -2.31. The SMILES string of the molecule is CC1(C)c2ccccc2-c2ccc(N(c3ccccc3)c3c(-c4ccccc4)c4c5ccccc5sc4c4ccccc34)cc21. The first-order chi connectivity index (χ1) is 22.1. The molecule has 9 rings (SSSR count). The Kier molecular flexibility index (Phi) is 5.78. The van der Waals surface area contributed by atoms with Crippen molar-refractivity contribution in [3.05, 3.63) is 163 Å². The van der Waals surface area contributed by atoms with Crippen LogP contribution in [-0.4, -0.2) is 0 Å². The van der Waals surface area contributed by atoms with Gasteiger partial charge in [-0.25, -0.2) is 0 Å². The first-order valence-electron chi connectivity index (χ1n) is 15.6. The fourth-order valence-corrected chi connectivity index (χ4v) is 8.81. The molecule has 0 saturated carbocycles. The Hall–Kier alpha value is -5.18. The maximum absolute atomic E-state index is 2.51. The molecular formula is C43H31NS. The Morgan fingerprint density at radius 2 is 1.13 bits per heavy atom. The Morgan fingerprint density at radius 1 is 0.511 bits per heavy atom. The highest BCUT2D eigenvalue weighted by Gasteiger charge is 2.36. The van der Waals surface area contributed by atoms with Crippen molar-refractivity contribution in [2.75, 3.05) is 4.90 Å². The quantitative estimate of drug-likeness (QED) is 0.196. The van der Waals surface area contributed by atoms with Gasteiger partial charge in [0.1, 0.15) is 0 Å². The van der Waals surface area contributed by atoms with Crippen molar-refractivity contribution in [1.29, 1.82) is 0 Å². The summed E-state index contributed by atoms with van der Waals surface area (Å²) in [4.78, 5) is 2.51. The van der Waals surface area contributed by atoms with Crippen LogP contribution in [0.3, 0.4) is 0 Å². The van der Waals surface area contributed by atoms with Gasteiger partial charge in [-0.1, -0.05) is 135 Å². The second-order valence-electron chi connectivity index (χ2n) is 12.5. The van der Waals surface area contributed by atoms with Crippen LogP contribution >= 0.6 is 11.3 Å². The summed E-state index contributed by atoms with van der Waals surface area (Å²) < 4.78 is 2.66. The third-order valence-electron chi connectivity index (χ3n) is 9.63. The van der Waals surface area contributed by atoms with Crippen molar-refractivity contribution in [2.24, 2.45) is 0 Å². The highest BCUT2D eigenvalue weighted by atomic mass is 32.1. The van der Waals surface area contributed by atoms with Crippen LogP contribution in [0.25, 0.3) is 53.2 Å². The van der Waals surface area contributed by atoms with Crippen molar-refractivity contribution >= 4 is 59.3 Å². The molecule has 0 N–H and O–H groups in total. The molecule has 7 aromatic carbocycles. The van der Waals surface area contributed by atoms with Crippen LogP contribution in [0.15, 0.2) is 152 Å². The zero-order valence-corrected chi connectivity index (χ0v) is 26.1. The molecule has 8 aromatic rings. The van der Waals surface area contributed by atoms with Gasteiger partial charge in [-0.15, -0.1) is 11.3 Å². The Balaban J connectivity index is 1.44. The molecule has 1 aliphatic rings. The van der Waals surface area contributed by atoms with E-state index in [0.29, 0.717) is 0 Å². The van der Waals surface area contributed by atoms with E-state index in [1.54, 1.807) is 0 Å². The summed E-state index contributed by atoms with van der Waals surface area (Å²) >= 11 is 1.90. The second-order valence-corrected chi connectivity index (χ2v) is 13.6. The van der Waals surface area contributed by atoms with Gasteiger partial charge in [0.05, 0.1) is 5.69 Å². The maximum atomic E-state index is 2.51. The summed E-state index contributed by atoms with van der Waals surface area (Å²) in [6, 6.07) is 55.7. The number of rotatable bonds is 4. The van der Waals surface area contributed by atoms with E-state index in [9.17, 15) is 0 Å². The van der Waals surface area contributed by atoms with Crippen molar-refractivity contribution in [1.82, 2.24) is 0 Å². The summed E-state index contributed by atoms with van der Waals surface area (Å²) in [5, 5.41) is 5.17. The lowest BCUT2D eigenvalue weighted by Crippen LogP contribution is -2.17. The molecule has 0 aliphatic heterocycles. The number of hydrogen-bond donors (Lipinski definition) is 0. The number of nitrogens with zero attached hydrogens (tertiary/aromatic N) is 1. The Morgan fingerprint density at radius 3 is 1.93 bits per heavy atom. The maximum Gasteiger partial charge on any atom is 0.0625 e. The number of thiophene rings is 1. The van der Waals surface area contributed by atoms with Gasteiger partial charge in [-0.2, -0.15) is 0 Å². The fraction of sp³-hybridized carbons (Fsp3) is 0.0698. The molecule has 0 bridgehead atoms. The molecular weight excluding hydrogens is 563 g/mol. The van der Waals surface area contributed by atoms with Crippen molar-refractivity contribution in [3.63, 3.8) is 0 Å². The van der Waals surface area contributed by atoms with Crippen molar-refractivity contribution in [2.45, 2.75) is 19.3 Å². The Bertz CT molecular complexity index is 2400. The summed E-state index contributed by atoms with van der Waals surface area (Å²) in [6.45, 7) is 4.73. The minimum absolute atomic E-state index is 0.0951. The highest BCUT2D eigenvalue weighted by molar-refractivity contribution is 7.26. The van der Waals surface area contributed by atoms with Gasteiger partial charge in [0.25, 0.3) is 0 Å². The van der Waals surface area contributed by atoms with Crippen LogP contribution in [0.4, 0.5) is 17.1 Å². The van der Waals surface area contributed by atoms with Gasteiger partial charge in [0.2, 0.25) is 0 Å². The largest absolute Gasteiger partial charge is 0.309 e. The lowest BCUT2D eigenvalue weighted by molar-refractivity contribution is 0.660. The normalized spacial score (nSPS) is 13.3. The van der Waals surface area contributed by atoms with Gasteiger partial charge in [-0.05, 0) is 58.1 Å². The molecule has 0 atom stereocenters. The molecule has 45 heavy (non-hydrogen) atoms. The first-order valence-corrected chi connectivity index (χ1v) is 16.4. The van der Waals surface area contributed by atoms with Crippen LogP contribution in [0.5, 0.6) is 0 Å². The molecule has 0 fully saturated rings. The molecule has 1 aromatic heterocycles. The van der Waals surface area contributed by atoms with Crippen molar-refractivity contribution in [3.8, 4) is 22.3 Å². The number of fused-ring (bicyclic) bond motifs is 8. The van der Waals surface area contributed by atoms with Gasteiger partial charge in [-0.3, -0.25) is 0 Å². The molecule has 1 heterocycles. The molecule has 2 heteroatoms. The molecule has 1 nitrogen and oxygen atoms in total. The van der Waals surface area contributed by atoms with Gasteiger partial charge >= 0.3 is 0 Å². The first kappa shape index (κ1) is 26.2. The van der Waals surface area contributed by atoms with E-state index in [0.717, 1.165) is 5.69 Å². The molecule has 0 unspecified atom stereocenters. The zero-order chi connectivity index (χ0) is 30.1. The molecule has 0 spiro atoms. The van der Waals surface area contributed by atoms with Gasteiger partial charge in [0, 0.05) is 53.3 Å². The zero-order valence-electron chi connectivity index (χ0n) is 25.3. The lowest BCUT2D eigenvalue weighted by atomic mass is 9.82. The van der Waals surface area contributed by atoms with E-state index in [1.165, 1.54) is 75.7 Å². The van der Waals surface area contributed by atoms with Crippen LogP contribution in [0.2, 0.25) is 0 Å². The summed E-state index contributed by atoms with van der Waals surface area (Å²) in [6.07, 6.45) is 0. The minimum atomic E-state index is -0.0951. The topological polar surface area (TPSA) is 3.24 Å². The average molecular weight is 594 g/mol. The van der Waals surface area contributed by atoms with Gasteiger partial charge < -0.3 is 4.90 Å². The molecule has 214 valence electrons. The third-order valence-corrected chi connectivity index (χ3v) is 10.8. The van der Waals surface area contributed by atoms with Crippen LogP contribution in [0, 0.1) is 0 Å². The van der Waals surface area contributed by atoms with Crippen LogP contribution < -0.4 is 4.90 Å². The third kappa shape index (κ3) is 3.86. The fourth-order valence-electron chi connectivity index (χ4n) is 7.56. The number of hydrogen-bond acceptors (Lipinski definition) is 2. The number of benzene rings is 7. The predicted octanol–water partition coefficient (Wildman–Crippen LogP) is 12.7. The summed E-state index contributed by atoms with van der Waals surface area (Å²) in [7, 11) is 0. The molecule has 0 amide bonds. The van der Waals surface area contributed by atoms with E-state index in [-0.39, 0.29) is 5.41 Å². The molecule has 0 saturated heterocycles. The number of anilines is 3. The smallest absolute Gasteiger partial charge is 0.0625 e. The number of para-hydroxylation sites is 1. The highest BCUT2D eigenvalue weighted by Crippen LogP contribution is 2.55. The van der Waals surface area contributed by atoms with E-state index in [1.807, 2.05) is 11.3 Å². The van der Waals surface area contributed by atoms with E-state index < -0.39 is 0 Å². The second kappa shape index (κ2) is 9.92. The monoisotopic (exact) mass is 593 g/mol. The standard InChI is InChI=1S/C43H31NS/c1-43(2)36-23-13-11-19-31(36)32-26-25-30(27-37(32)43)44(29-17-7-4-8-18-29)41-33-20-9-10-21-34(33)42-40(35-22-12-14-24-38(35)45-42)39(41)28-15-5-3-6-16-28/h3-27H,1-2H3. The van der Waals surface area contributed by atoms with Crippen molar-refractivity contribution < 1.29 is 0 Å². The summed E-state index contributed by atoms with van der Waals surface area (Å²) in [5.41, 5.74) is 11.4. The van der Waals surface area contributed by atoms with E-state index in [2.05, 4.69) is 170 Å². The summed E-state index contributed by atoms with van der Waals surface area (Å²) in [5.74, 6) is 0. The van der Waals surface area contributed by atoms with E-state index >= 15 is 0 Å². The average Bonchev–Trinajstić information content (AvgIpc) is 3.59. The van der Waals surface area contributed by atoms with E-state index in [4.69, 9.17) is 0 Å². The molecule has 0 radical (unpaired) electrons. The van der Waals surface area contributed by atoms with Crippen LogP contribution in [0.1, 0.15) is 25.0 Å². The van der Waals surface area contributed by atoms with Crippen LogP contribution in [-0.2, 0) is 5.41 Å². The predicted molar refractivity (Wildman–Crippen MR) is 195 cm³/mol. The minimum Gasteiger partial charge on any atom is -0.309 e. The Labute approximate surface area is 267 Å². The molecule has 1 aliphatic carbocycles. The van der Waals surface area contributed by atoms with Gasteiger partial charge in [0.15, 0.2) is 0 Å².